The Morgan fingerprint density at radius 2 is 1.79 bits per heavy atom. The van der Waals surface area contributed by atoms with Crippen LogP contribution < -0.4 is 14.8 Å². The number of benzene rings is 2. The highest BCUT2D eigenvalue weighted by molar-refractivity contribution is 5.99. The summed E-state index contributed by atoms with van der Waals surface area (Å²) >= 11 is 0. The average Bonchev–Trinajstić information content (AvgIpc) is 2.88. The van der Waals surface area contributed by atoms with Crippen molar-refractivity contribution in [2.75, 3.05) is 51.9 Å². The number of anilines is 1. The Balaban J connectivity index is 1.31. The quantitative estimate of drug-likeness (QED) is 0.534. The molecule has 6 nitrogen and oxygen atoms in total. The van der Waals surface area contributed by atoms with Gasteiger partial charge in [-0.1, -0.05) is 19.1 Å². The van der Waals surface area contributed by atoms with Crippen LogP contribution in [0.1, 0.15) is 44.6 Å². The first-order valence-electron chi connectivity index (χ1n) is 12.6. The van der Waals surface area contributed by atoms with Crippen molar-refractivity contribution in [3.8, 4) is 11.5 Å². The molecule has 0 aliphatic carbocycles. The van der Waals surface area contributed by atoms with E-state index in [0.29, 0.717) is 32.7 Å². The third-order valence-electron chi connectivity index (χ3n) is 7.16. The number of likely N-dealkylation sites (tertiary alicyclic amines) is 1. The molecule has 0 saturated carbocycles. The van der Waals surface area contributed by atoms with Gasteiger partial charge in [-0.15, -0.1) is 0 Å². The van der Waals surface area contributed by atoms with Crippen molar-refractivity contribution in [1.82, 2.24) is 4.90 Å². The normalized spacial score (nSPS) is 20.5. The molecule has 2 aliphatic rings. The molecule has 0 bridgehead atoms. The summed E-state index contributed by atoms with van der Waals surface area (Å²) < 4.78 is 16.8. The lowest BCUT2D eigenvalue weighted by atomic mass is 9.73. The van der Waals surface area contributed by atoms with Gasteiger partial charge >= 0.3 is 0 Å². The fourth-order valence-corrected chi connectivity index (χ4v) is 5.13. The Morgan fingerprint density at radius 1 is 1.09 bits per heavy atom. The fraction of sp³-hybridized carbons (Fsp3) is 0.536. The van der Waals surface area contributed by atoms with E-state index in [1.165, 1.54) is 25.9 Å². The molecule has 1 atom stereocenters. The lowest BCUT2D eigenvalue weighted by Crippen LogP contribution is -2.44. The third-order valence-corrected chi connectivity index (χ3v) is 7.16. The Labute approximate surface area is 203 Å². The molecule has 0 aromatic heterocycles. The molecule has 1 N–H and O–H groups in total. The second-order valence-electron chi connectivity index (χ2n) is 9.65. The summed E-state index contributed by atoms with van der Waals surface area (Å²) in [6.07, 6.45) is 4.99. The largest absolute Gasteiger partial charge is 0.497 e. The highest BCUT2D eigenvalue weighted by Crippen LogP contribution is 2.37. The lowest BCUT2D eigenvalue weighted by molar-refractivity contribution is -0.125. The number of methoxy groups -OCH3 is 1. The molecule has 2 saturated heterocycles. The fourth-order valence-electron chi connectivity index (χ4n) is 5.13. The van der Waals surface area contributed by atoms with E-state index in [1.807, 2.05) is 48.5 Å². The second-order valence-corrected chi connectivity index (χ2v) is 9.65. The number of carbonyl (C=O) groups is 1. The molecule has 2 aromatic carbocycles. The molecule has 4 rings (SSSR count). The number of hydrogen-bond acceptors (Lipinski definition) is 5. The maximum atomic E-state index is 13.5. The zero-order chi connectivity index (χ0) is 23.8. The highest BCUT2D eigenvalue weighted by Gasteiger charge is 2.41. The van der Waals surface area contributed by atoms with Gasteiger partial charge in [0.1, 0.15) is 11.5 Å². The van der Waals surface area contributed by atoms with Gasteiger partial charge in [0.25, 0.3) is 0 Å². The molecule has 34 heavy (non-hydrogen) atoms. The van der Waals surface area contributed by atoms with Crippen LogP contribution in [-0.2, 0) is 14.9 Å². The van der Waals surface area contributed by atoms with Gasteiger partial charge in [0.15, 0.2) is 0 Å². The average molecular weight is 467 g/mol. The lowest BCUT2D eigenvalue weighted by Gasteiger charge is -2.36. The molecule has 184 valence electrons. The standard InChI is InChI=1S/C28H38N2O4/c1-22-5-3-16-30(21-22)17-4-18-34-26-12-8-24(9-13-26)29-27(31)28(14-19-33-20-15-28)23-6-10-25(32-2)11-7-23/h6-13,22H,3-5,14-21H2,1-2H3,(H,29,31)/t22-/m1/s1. The van der Waals surface area contributed by atoms with Gasteiger partial charge < -0.3 is 24.4 Å². The first-order chi connectivity index (χ1) is 16.6. The van der Waals surface area contributed by atoms with Crippen LogP contribution in [0, 0.1) is 5.92 Å². The Morgan fingerprint density at radius 3 is 2.47 bits per heavy atom. The highest BCUT2D eigenvalue weighted by atomic mass is 16.5. The van der Waals surface area contributed by atoms with Gasteiger partial charge in [-0.05, 0) is 86.5 Å². The molecule has 1 amide bonds. The molecule has 2 aromatic rings. The molecule has 6 heteroatoms. The molecule has 2 fully saturated rings. The smallest absolute Gasteiger partial charge is 0.235 e. The Hall–Kier alpha value is -2.57. The van der Waals surface area contributed by atoms with Gasteiger partial charge in [-0.3, -0.25) is 4.79 Å². The van der Waals surface area contributed by atoms with Gasteiger partial charge in [-0.25, -0.2) is 0 Å². The summed E-state index contributed by atoms with van der Waals surface area (Å²) in [6, 6.07) is 15.5. The molecule has 2 heterocycles. The number of nitrogens with one attached hydrogen (secondary N) is 1. The van der Waals surface area contributed by atoms with Crippen LogP contribution in [-0.4, -0.2) is 57.4 Å². The van der Waals surface area contributed by atoms with E-state index in [-0.39, 0.29) is 5.91 Å². The molecular formula is C28H38N2O4. The van der Waals surface area contributed by atoms with Gasteiger partial charge in [0.05, 0.1) is 19.1 Å². The maximum Gasteiger partial charge on any atom is 0.235 e. The minimum atomic E-state index is -0.606. The predicted molar refractivity (Wildman–Crippen MR) is 135 cm³/mol. The molecule has 2 aliphatic heterocycles. The second kappa shape index (κ2) is 11.7. The first-order valence-corrected chi connectivity index (χ1v) is 12.6. The first kappa shape index (κ1) is 24.6. The summed E-state index contributed by atoms with van der Waals surface area (Å²) in [7, 11) is 1.65. The summed E-state index contributed by atoms with van der Waals surface area (Å²) in [6.45, 7) is 7.70. The van der Waals surface area contributed by atoms with Gasteiger partial charge in [0.2, 0.25) is 5.91 Å². The maximum absolute atomic E-state index is 13.5. The number of ether oxygens (including phenoxy) is 3. The van der Waals surface area contributed by atoms with Crippen molar-refractivity contribution in [1.29, 1.82) is 0 Å². The Bertz CT molecular complexity index is 907. The minimum Gasteiger partial charge on any atom is -0.497 e. The minimum absolute atomic E-state index is 0.00500. The van der Waals surface area contributed by atoms with Gasteiger partial charge in [0, 0.05) is 32.0 Å². The molecule has 0 unspecified atom stereocenters. The number of rotatable bonds is 9. The number of hydrogen-bond donors (Lipinski definition) is 1. The van der Waals surface area contributed by atoms with Crippen LogP contribution in [0.3, 0.4) is 0 Å². The third kappa shape index (κ3) is 6.10. The SMILES string of the molecule is COc1ccc(C2(C(=O)Nc3ccc(OCCCN4CCC[C@@H](C)C4)cc3)CCOCC2)cc1. The zero-order valence-corrected chi connectivity index (χ0v) is 20.6. The summed E-state index contributed by atoms with van der Waals surface area (Å²) in [4.78, 5) is 16.0. The number of amides is 1. The van der Waals surface area contributed by atoms with Crippen LogP contribution in [0.5, 0.6) is 11.5 Å². The van der Waals surface area contributed by atoms with Crippen LogP contribution in [0.4, 0.5) is 5.69 Å². The van der Waals surface area contributed by atoms with E-state index in [2.05, 4.69) is 17.1 Å². The van der Waals surface area contributed by atoms with Crippen molar-refractivity contribution >= 4 is 11.6 Å². The molecule has 0 spiro atoms. The topological polar surface area (TPSA) is 60.0 Å². The number of piperidine rings is 1. The van der Waals surface area contributed by atoms with Crippen LogP contribution >= 0.6 is 0 Å². The van der Waals surface area contributed by atoms with Gasteiger partial charge in [-0.2, -0.15) is 0 Å². The number of nitrogens with zero attached hydrogens (tertiary/aromatic N) is 1. The van der Waals surface area contributed by atoms with E-state index in [0.717, 1.165) is 41.6 Å². The van der Waals surface area contributed by atoms with Crippen LogP contribution in [0.15, 0.2) is 48.5 Å². The van der Waals surface area contributed by atoms with E-state index >= 15 is 0 Å². The van der Waals surface area contributed by atoms with E-state index in [9.17, 15) is 4.79 Å². The van der Waals surface area contributed by atoms with Crippen LogP contribution in [0.25, 0.3) is 0 Å². The van der Waals surface area contributed by atoms with Crippen molar-refractivity contribution < 1.29 is 19.0 Å². The molecule has 0 radical (unpaired) electrons. The summed E-state index contributed by atoms with van der Waals surface area (Å²) in [5, 5.41) is 3.13. The summed E-state index contributed by atoms with van der Waals surface area (Å²) in [5.41, 5.74) is 1.17. The van der Waals surface area contributed by atoms with E-state index in [4.69, 9.17) is 14.2 Å². The van der Waals surface area contributed by atoms with E-state index < -0.39 is 5.41 Å². The van der Waals surface area contributed by atoms with Crippen molar-refractivity contribution in [3.05, 3.63) is 54.1 Å². The van der Waals surface area contributed by atoms with Crippen molar-refractivity contribution in [2.45, 2.75) is 44.4 Å². The predicted octanol–water partition coefficient (Wildman–Crippen LogP) is 4.88. The van der Waals surface area contributed by atoms with Crippen molar-refractivity contribution in [2.24, 2.45) is 5.92 Å². The van der Waals surface area contributed by atoms with E-state index in [1.54, 1.807) is 7.11 Å². The number of carbonyl (C=O) groups excluding carboxylic acids is 1. The summed E-state index contributed by atoms with van der Waals surface area (Å²) in [5.74, 6) is 2.43. The monoisotopic (exact) mass is 466 g/mol. The van der Waals surface area contributed by atoms with Crippen molar-refractivity contribution in [3.63, 3.8) is 0 Å². The molecular weight excluding hydrogens is 428 g/mol. The zero-order valence-electron chi connectivity index (χ0n) is 20.6. The van der Waals surface area contributed by atoms with Crippen LogP contribution in [0.2, 0.25) is 0 Å². The Kier molecular flexibility index (Phi) is 8.46.